The highest BCUT2D eigenvalue weighted by molar-refractivity contribution is 5.81. The summed E-state index contributed by atoms with van der Waals surface area (Å²) in [5.74, 6) is -1.29. The number of carbonyl (C=O) groups is 2. The molecule has 0 aromatic rings. The van der Waals surface area contributed by atoms with Crippen LogP contribution >= 0.6 is 0 Å². The van der Waals surface area contributed by atoms with E-state index in [0.29, 0.717) is 6.42 Å². The predicted molar refractivity (Wildman–Crippen MR) is 64.3 cm³/mol. The number of carboxylic acids is 1. The Hall–Kier alpha value is -1.10. The van der Waals surface area contributed by atoms with Gasteiger partial charge in [-0.25, -0.2) is 0 Å². The molecule has 4 unspecified atom stereocenters. The topological polar surface area (TPSA) is 92.4 Å². The van der Waals surface area contributed by atoms with Gasteiger partial charge in [-0.15, -0.1) is 0 Å². The third-order valence-corrected chi connectivity index (χ3v) is 3.97. The molecule has 0 bridgehead atoms. The zero-order valence-corrected chi connectivity index (χ0v) is 10.7. The summed E-state index contributed by atoms with van der Waals surface area (Å²) in [6.45, 7) is 5.23. The number of hydrogen-bond donors (Lipinski definition) is 3. The van der Waals surface area contributed by atoms with Crippen LogP contribution in [0.25, 0.3) is 0 Å². The Balaban J connectivity index is 2.69. The summed E-state index contributed by atoms with van der Waals surface area (Å²) in [5.41, 5.74) is 4.82. The van der Waals surface area contributed by atoms with Crippen molar-refractivity contribution in [3.8, 4) is 0 Å². The van der Waals surface area contributed by atoms with E-state index >= 15 is 0 Å². The van der Waals surface area contributed by atoms with Crippen LogP contribution in [0.2, 0.25) is 0 Å². The summed E-state index contributed by atoms with van der Waals surface area (Å²) in [7, 11) is 0. The molecule has 1 aliphatic carbocycles. The minimum atomic E-state index is -0.840. The quantitative estimate of drug-likeness (QED) is 0.677. The largest absolute Gasteiger partial charge is 0.481 e. The van der Waals surface area contributed by atoms with Crippen molar-refractivity contribution in [1.29, 1.82) is 0 Å². The van der Waals surface area contributed by atoms with Crippen LogP contribution in [0.5, 0.6) is 0 Å². The molecular weight excluding hydrogens is 220 g/mol. The molecule has 0 aromatic carbocycles. The molecule has 4 atom stereocenters. The molecule has 0 saturated heterocycles. The molecule has 5 heteroatoms. The molecule has 0 aliphatic heterocycles. The molecule has 1 aliphatic rings. The van der Waals surface area contributed by atoms with Crippen molar-refractivity contribution >= 4 is 11.9 Å². The van der Waals surface area contributed by atoms with Gasteiger partial charge in [-0.1, -0.05) is 13.3 Å². The van der Waals surface area contributed by atoms with Gasteiger partial charge in [0.1, 0.15) is 0 Å². The van der Waals surface area contributed by atoms with Crippen LogP contribution in [0.4, 0.5) is 0 Å². The molecule has 0 spiro atoms. The monoisotopic (exact) mass is 242 g/mol. The summed E-state index contributed by atoms with van der Waals surface area (Å²) in [5, 5.41) is 12.1. The van der Waals surface area contributed by atoms with Crippen molar-refractivity contribution in [3.05, 3.63) is 0 Å². The Kier molecular flexibility index (Phi) is 4.14. The van der Waals surface area contributed by atoms with E-state index in [2.05, 4.69) is 5.32 Å². The third kappa shape index (κ3) is 2.77. The summed E-state index contributed by atoms with van der Waals surface area (Å²) in [6, 6.07) is -0.513. The molecule has 4 N–H and O–H groups in total. The molecule has 0 aromatic heterocycles. The normalized spacial score (nSPS) is 31.9. The lowest BCUT2D eigenvalue weighted by molar-refractivity contribution is -0.149. The summed E-state index contributed by atoms with van der Waals surface area (Å²) in [4.78, 5) is 23.1. The fraction of sp³-hybridized carbons (Fsp3) is 0.833. The first-order valence-corrected chi connectivity index (χ1v) is 6.08. The maximum atomic E-state index is 11.9. The van der Waals surface area contributed by atoms with Crippen molar-refractivity contribution in [2.45, 2.75) is 52.1 Å². The second kappa shape index (κ2) is 5.04. The fourth-order valence-corrected chi connectivity index (χ4v) is 2.20. The van der Waals surface area contributed by atoms with E-state index in [-0.39, 0.29) is 23.9 Å². The van der Waals surface area contributed by atoms with Gasteiger partial charge in [-0.2, -0.15) is 0 Å². The van der Waals surface area contributed by atoms with Gasteiger partial charge in [0.05, 0.1) is 5.41 Å². The van der Waals surface area contributed by atoms with Crippen LogP contribution in [0.1, 0.15) is 40.0 Å². The maximum Gasteiger partial charge on any atom is 0.311 e. The number of hydrogen-bond acceptors (Lipinski definition) is 3. The number of carboxylic acid groups (broad SMARTS) is 1. The van der Waals surface area contributed by atoms with E-state index in [4.69, 9.17) is 5.73 Å². The van der Waals surface area contributed by atoms with Gasteiger partial charge < -0.3 is 16.2 Å². The van der Waals surface area contributed by atoms with Gasteiger partial charge in [0.15, 0.2) is 0 Å². The van der Waals surface area contributed by atoms with Gasteiger partial charge in [0.25, 0.3) is 0 Å². The van der Waals surface area contributed by atoms with Crippen LogP contribution < -0.4 is 11.1 Å². The van der Waals surface area contributed by atoms with Gasteiger partial charge >= 0.3 is 5.97 Å². The van der Waals surface area contributed by atoms with Crippen molar-refractivity contribution in [2.24, 2.45) is 17.1 Å². The Bertz CT molecular complexity index is 317. The van der Waals surface area contributed by atoms with Crippen molar-refractivity contribution in [1.82, 2.24) is 5.32 Å². The predicted octanol–water partition coefficient (Wildman–Crippen LogP) is 0.729. The van der Waals surface area contributed by atoms with E-state index in [1.807, 2.05) is 0 Å². The molecular formula is C12H22N2O3. The summed E-state index contributed by atoms with van der Waals surface area (Å²) in [6.07, 6.45) is 2.17. The third-order valence-electron chi connectivity index (χ3n) is 3.97. The number of rotatable bonds is 4. The highest BCUT2D eigenvalue weighted by atomic mass is 16.4. The summed E-state index contributed by atoms with van der Waals surface area (Å²) >= 11 is 0. The van der Waals surface area contributed by atoms with E-state index in [1.165, 1.54) is 0 Å². The Morgan fingerprint density at radius 2 is 2.06 bits per heavy atom. The molecule has 5 nitrogen and oxygen atoms in total. The van der Waals surface area contributed by atoms with Gasteiger partial charge in [0, 0.05) is 18.0 Å². The second-order valence-electron chi connectivity index (χ2n) is 5.32. The SMILES string of the molecule is CC(N)C(C)C(=O)NC1CCCC1(C)C(=O)O. The molecule has 1 amide bonds. The highest BCUT2D eigenvalue weighted by Crippen LogP contribution is 2.38. The minimum absolute atomic E-state index is 0.153. The molecule has 1 saturated carbocycles. The molecule has 98 valence electrons. The lowest BCUT2D eigenvalue weighted by Gasteiger charge is -2.29. The van der Waals surface area contributed by atoms with Crippen LogP contribution in [0.3, 0.4) is 0 Å². The fourth-order valence-electron chi connectivity index (χ4n) is 2.20. The number of amides is 1. The smallest absolute Gasteiger partial charge is 0.311 e. The first-order valence-electron chi connectivity index (χ1n) is 6.08. The summed E-state index contributed by atoms with van der Waals surface area (Å²) < 4.78 is 0. The molecule has 0 heterocycles. The van der Waals surface area contributed by atoms with E-state index in [9.17, 15) is 14.7 Å². The average molecular weight is 242 g/mol. The van der Waals surface area contributed by atoms with Crippen LogP contribution in [0, 0.1) is 11.3 Å². The first-order chi connectivity index (χ1) is 7.79. The number of aliphatic carboxylic acids is 1. The Morgan fingerprint density at radius 1 is 1.47 bits per heavy atom. The Morgan fingerprint density at radius 3 is 2.53 bits per heavy atom. The highest BCUT2D eigenvalue weighted by Gasteiger charge is 2.46. The van der Waals surface area contributed by atoms with Gasteiger partial charge in [-0.05, 0) is 26.7 Å². The van der Waals surface area contributed by atoms with Crippen molar-refractivity contribution in [3.63, 3.8) is 0 Å². The maximum absolute atomic E-state index is 11.9. The van der Waals surface area contributed by atoms with E-state index in [0.717, 1.165) is 12.8 Å². The second-order valence-corrected chi connectivity index (χ2v) is 5.32. The average Bonchev–Trinajstić information content (AvgIpc) is 2.60. The van der Waals surface area contributed by atoms with Crippen LogP contribution in [-0.2, 0) is 9.59 Å². The first kappa shape index (κ1) is 14.0. The lowest BCUT2D eigenvalue weighted by Crippen LogP contribution is -2.50. The number of carbonyl (C=O) groups excluding carboxylic acids is 1. The van der Waals surface area contributed by atoms with Gasteiger partial charge in [-0.3, -0.25) is 9.59 Å². The van der Waals surface area contributed by atoms with Gasteiger partial charge in [0.2, 0.25) is 5.91 Å². The van der Waals surface area contributed by atoms with Crippen molar-refractivity contribution in [2.75, 3.05) is 0 Å². The zero-order chi connectivity index (χ0) is 13.2. The minimum Gasteiger partial charge on any atom is -0.481 e. The van der Waals surface area contributed by atoms with Crippen LogP contribution in [-0.4, -0.2) is 29.1 Å². The van der Waals surface area contributed by atoms with E-state index < -0.39 is 11.4 Å². The lowest BCUT2D eigenvalue weighted by atomic mass is 9.84. The molecule has 1 rings (SSSR count). The number of nitrogens with two attached hydrogens (primary N) is 1. The Labute approximate surface area is 102 Å². The van der Waals surface area contributed by atoms with Crippen molar-refractivity contribution < 1.29 is 14.7 Å². The molecule has 1 fully saturated rings. The number of nitrogens with one attached hydrogen (secondary N) is 1. The molecule has 17 heavy (non-hydrogen) atoms. The van der Waals surface area contributed by atoms with E-state index in [1.54, 1.807) is 20.8 Å². The van der Waals surface area contributed by atoms with Crippen LogP contribution in [0.15, 0.2) is 0 Å². The zero-order valence-electron chi connectivity index (χ0n) is 10.7. The standard InChI is InChI=1S/C12H22N2O3/c1-7(8(2)13)10(15)14-9-5-4-6-12(9,3)11(16)17/h7-9H,4-6,13H2,1-3H3,(H,14,15)(H,16,17). The molecule has 0 radical (unpaired) electrons.